The molecule has 3 N–H and O–H groups in total. The largest absolute Gasteiger partial charge is 0.489 e. The lowest BCUT2D eigenvalue weighted by Gasteiger charge is -2.24. The molecule has 0 atom stereocenters. The van der Waals surface area contributed by atoms with Gasteiger partial charge in [-0.05, 0) is 32.3 Å². The summed E-state index contributed by atoms with van der Waals surface area (Å²) in [4.78, 5) is 11.8. The van der Waals surface area contributed by atoms with Gasteiger partial charge in [-0.3, -0.25) is 4.79 Å². The number of allylic oxidation sites excluding steroid dienone is 2. The molecule has 0 radical (unpaired) electrons. The van der Waals surface area contributed by atoms with Crippen molar-refractivity contribution in [3.05, 3.63) is 34.9 Å². The molecule has 0 aliphatic carbocycles. The number of aliphatic hydroxyl groups is 1. The Labute approximate surface area is 134 Å². The number of dihydropyridines is 1. The fourth-order valence-electron chi connectivity index (χ4n) is 1.68. The minimum Gasteiger partial charge on any atom is -0.489 e. The molecule has 1 rings (SSSR count). The maximum atomic E-state index is 11.8. The third kappa shape index (κ3) is 5.32. The third-order valence-electron chi connectivity index (χ3n) is 2.69. The van der Waals surface area contributed by atoms with Crippen molar-refractivity contribution in [3.8, 4) is 0 Å². The molecule has 0 bridgehead atoms. The fraction of sp³-hybridized carbons (Fsp3) is 0.467. The summed E-state index contributed by atoms with van der Waals surface area (Å²) in [6, 6.07) is 0. The number of nitrogens with one attached hydrogen (secondary N) is 2. The summed E-state index contributed by atoms with van der Waals surface area (Å²) in [5, 5.41) is 20.0. The average molecular weight is 326 g/mol. The highest BCUT2D eigenvalue weighted by molar-refractivity contribution is 8.13. The average Bonchev–Trinajstić information content (AvgIpc) is 2.46. The Balaban J connectivity index is 3.03. The smallest absolute Gasteiger partial charge is 0.222 e. The molecule has 122 valence electrons. The number of carbonyl (C=O) groups is 1. The number of hydrogen-bond donors (Lipinski definition) is 3. The van der Waals surface area contributed by atoms with Crippen LogP contribution >= 0.6 is 11.8 Å². The molecule has 0 saturated carbocycles. The zero-order valence-corrected chi connectivity index (χ0v) is 14.0. The van der Waals surface area contributed by atoms with E-state index in [1.807, 2.05) is 0 Å². The summed E-state index contributed by atoms with van der Waals surface area (Å²) < 4.78 is 10.7. The van der Waals surface area contributed by atoms with E-state index in [2.05, 4.69) is 5.32 Å². The highest BCUT2D eigenvalue weighted by Gasteiger charge is 2.20. The standard InChI is InChI=1S/C15H22N2O4S/c1-15(2,19)9-21-13-6-5-11(17-12(13)8-20-3)10(7-16)14(18)22-4/h5-7,16-17,19H,8-9H2,1-4H3/b11-10+,16-7?. The second-order valence-corrected chi connectivity index (χ2v) is 6.08. The molecule has 0 spiro atoms. The number of rotatable bonds is 7. The maximum absolute atomic E-state index is 11.8. The van der Waals surface area contributed by atoms with Gasteiger partial charge in [0.05, 0.1) is 29.2 Å². The van der Waals surface area contributed by atoms with Crippen LogP contribution in [0.25, 0.3) is 0 Å². The Bertz CT molecular complexity index is 530. The molecule has 0 fully saturated rings. The van der Waals surface area contributed by atoms with Gasteiger partial charge in [-0.15, -0.1) is 0 Å². The van der Waals surface area contributed by atoms with Crippen molar-refractivity contribution in [2.24, 2.45) is 0 Å². The van der Waals surface area contributed by atoms with Gasteiger partial charge in [0.1, 0.15) is 12.4 Å². The molecule has 1 aliphatic rings. The lowest BCUT2D eigenvalue weighted by Crippen LogP contribution is -2.29. The summed E-state index contributed by atoms with van der Waals surface area (Å²) in [5.74, 6) is 0.536. The van der Waals surface area contributed by atoms with Crippen molar-refractivity contribution < 1.29 is 19.4 Å². The van der Waals surface area contributed by atoms with Crippen LogP contribution in [0.2, 0.25) is 0 Å². The van der Waals surface area contributed by atoms with E-state index in [0.717, 1.165) is 18.0 Å². The van der Waals surface area contributed by atoms with Crippen molar-refractivity contribution in [3.63, 3.8) is 0 Å². The minimum atomic E-state index is -0.954. The highest BCUT2D eigenvalue weighted by Crippen LogP contribution is 2.20. The molecule has 22 heavy (non-hydrogen) atoms. The molecule has 0 amide bonds. The first-order valence-electron chi connectivity index (χ1n) is 6.67. The second-order valence-electron chi connectivity index (χ2n) is 5.30. The van der Waals surface area contributed by atoms with Gasteiger partial charge in [0, 0.05) is 13.3 Å². The fourth-order valence-corrected chi connectivity index (χ4v) is 2.07. The van der Waals surface area contributed by atoms with Gasteiger partial charge in [-0.1, -0.05) is 11.8 Å². The minimum absolute atomic E-state index is 0.127. The van der Waals surface area contributed by atoms with Gasteiger partial charge in [-0.25, -0.2) is 0 Å². The van der Waals surface area contributed by atoms with Gasteiger partial charge in [-0.2, -0.15) is 0 Å². The SMILES string of the molecule is COCC1=C(OCC(C)(C)O)C=C/C(=C(/C=N)C(=O)SC)N1. The monoisotopic (exact) mass is 326 g/mol. The molecule has 0 aromatic rings. The Morgan fingerprint density at radius 1 is 1.50 bits per heavy atom. The Hall–Kier alpha value is -1.57. The lowest BCUT2D eigenvalue weighted by atomic mass is 10.1. The zero-order chi connectivity index (χ0) is 16.8. The van der Waals surface area contributed by atoms with Crippen LogP contribution in [0.1, 0.15) is 13.8 Å². The van der Waals surface area contributed by atoms with Gasteiger partial charge in [0.2, 0.25) is 5.12 Å². The predicted molar refractivity (Wildman–Crippen MR) is 87.8 cm³/mol. The molecule has 0 aromatic heterocycles. The number of thioether (sulfide) groups is 1. The molecular weight excluding hydrogens is 304 g/mol. The van der Waals surface area contributed by atoms with Crippen LogP contribution < -0.4 is 5.32 Å². The molecule has 0 saturated heterocycles. The van der Waals surface area contributed by atoms with Crippen molar-refractivity contribution in [1.29, 1.82) is 5.41 Å². The van der Waals surface area contributed by atoms with Crippen LogP contribution in [0.15, 0.2) is 34.9 Å². The number of hydrogen-bond acceptors (Lipinski definition) is 7. The third-order valence-corrected chi connectivity index (χ3v) is 3.28. The highest BCUT2D eigenvalue weighted by atomic mass is 32.2. The first-order chi connectivity index (χ1) is 10.3. The van der Waals surface area contributed by atoms with Crippen LogP contribution in [0.5, 0.6) is 0 Å². The first-order valence-corrected chi connectivity index (χ1v) is 7.90. The summed E-state index contributed by atoms with van der Waals surface area (Å²) in [5.41, 5.74) is 0.484. The second kappa shape index (κ2) is 8.17. The van der Waals surface area contributed by atoms with Crippen molar-refractivity contribution >= 4 is 23.1 Å². The van der Waals surface area contributed by atoms with Crippen LogP contribution in [-0.4, -0.2) is 48.6 Å². The van der Waals surface area contributed by atoms with Gasteiger partial charge >= 0.3 is 0 Å². The molecule has 1 heterocycles. The maximum Gasteiger partial charge on any atom is 0.222 e. The van der Waals surface area contributed by atoms with Crippen molar-refractivity contribution in [2.75, 3.05) is 26.6 Å². The van der Waals surface area contributed by atoms with Crippen molar-refractivity contribution in [1.82, 2.24) is 5.32 Å². The van der Waals surface area contributed by atoms with Crippen LogP contribution in [0.3, 0.4) is 0 Å². The molecular formula is C15H22N2O4S. The number of ether oxygens (including phenoxy) is 2. The van der Waals surface area contributed by atoms with E-state index in [-0.39, 0.29) is 23.9 Å². The van der Waals surface area contributed by atoms with E-state index in [1.54, 1.807) is 39.4 Å². The van der Waals surface area contributed by atoms with E-state index in [0.29, 0.717) is 17.2 Å². The summed E-state index contributed by atoms with van der Waals surface area (Å²) in [6.07, 6.45) is 6.07. The van der Waals surface area contributed by atoms with E-state index >= 15 is 0 Å². The summed E-state index contributed by atoms with van der Waals surface area (Å²) in [7, 11) is 1.55. The first kappa shape index (κ1) is 18.5. The van der Waals surface area contributed by atoms with Crippen LogP contribution in [-0.2, 0) is 14.3 Å². The number of methoxy groups -OCH3 is 1. The van der Waals surface area contributed by atoms with E-state index < -0.39 is 5.60 Å². The van der Waals surface area contributed by atoms with E-state index in [1.165, 1.54) is 0 Å². The quantitative estimate of drug-likeness (QED) is 0.486. The Morgan fingerprint density at radius 2 is 2.18 bits per heavy atom. The molecule has 0 unspecified atom stereocenters. The summed E-state index contributed by atoms with van der Waals surface area (Å²) >= 11 is 1.05. The van der Waals surface area contributed by atoms with Gasteiger partial charge in [0.25, 0.3) is 0 Å². The van der Waals surface area contributed by atoms with Gasteiger partial charge < -0.3 is 25.3 Å². The Morgan fingerprint density at radius 3 is 2.68 bits per heavy atom. The topological polar surface area (TPSA) is 91.6 Å². The Kier molecular flexibility index (Phi) is 6.86. The van der Waals surface area contributed by atoms with E-state index in [4.69, 9.17) is 14.9 Å². The van der Waals surface area contributed by atoms with E-state index in [9.17, 15) is 9.90 Å². The zero-order valence-electron chi connectivity index (χ0n) is 13.2. The molecule has 1 aliphatic heterocycles. The predicted octanol–water partition coefficient (Wildman–Crippen LogP) is 1.58. The van der Waals surface area contributed by atoms with Crippen molar-refractivity contribution in [2.45, 2.75) is 19.4 Å². The molecule has 7 heteroatoms. The van der Waals surface area contributed by atoms with Gasteiger partial charge in [0.15, 0.2) is 0 Å². The van der Waals surface area contributed by atoms with Crippen LogP contribution in [0.4, 0.5) is 0 Å². The molecule has 0 aromatic carbocycles. The summed E-state index contributed by atoms with van der Waals surface area (Å²) in [6.45, 7) is 3.69. The lowest BCUT2D eigenvalue weighted by molar-refractivity contribution is -0.107. The number of carbonyl (C=O) groups excluding carboxylic acids is 1. The molecule has 6 nitrogen and oxygen atoms in total. The van der Waals surface area contributed by atoms with Crippen LogP contribution in [0, 0.1) is 5.41 Å². The normalized spacial score (nSPS) is 17.1.